The van der Waals surface area contributed by atoms with Gasteiger partial charge in [0.15, 0.2) is 5.69 Å². The third-order valence-electron chi connectivity index (χ3n) is 4.73. The highest BCUT2D eigenvalue weighted by Crippen LogP contribution is 2.42. The predicted molar refractivity (Wildman–Crippen MR) is 107 cm³/mol. The van der Waals surface area contributed by atoms with Crippen molar-refractivity contribution in [3.63, 3.8) is 0 Å². The Morgan fingerprint density at radius 1 is 1.07 bits per heavy atom. The molecule has 2 aromatic carbocycles. The minimum absolute atomic E-state index is 0.0340. The SMILES string of the molecule is CC1=C(S(=O)(=O)c2ccccc2)C(c2ccc(Cl)cc2)n2nc(C(F)(F)F)cc2N1. The number of hydrogen-bond acceptors (Lipinski definition) is 4. The van der Waals surface area contributed by atoms with Gasteiger partial charge in [-0.1, -0.05) is 41.9 Å². The van der Waals surface area contributed by atoms with Gasteiger partial charge in [-0.2, -0.15) is 18.3 Å². The van der Waals surface area contributed by atoms with E-state index in [1.807, 2.05) is 0 Å². The third kappa shape index (κ3) is 3.48. The van der Waals surface area contributed by atoms with Crippen molar-refractivity contribution in [3.05, 3.63) is 87.5 Å². The number of halogens is 4. The summed E-state index contributed by atoms with van der Waals surface area (Å²) >= 11 is 5.95. The second-order valence-corrected chi connectivity index (χ2v) is 9.10. The van der Waals surface area contributed by atoms with Crippen LogP contribution in [0.1, 0.15) is 24.2 Å². The van der Waals surface area contributed by atoms with Gasteiger partial charge in [0.1, 0.15) is 11.9 Å². The van der Waals surface area contributed by atoms with Gasteiger partial charge in [0.2, 0.25) is 9.84 Å². The van der Waals surface area contributed by atoms with Gasteiger partial charge in [-0.3, -0.25) is 0 Å². The lowest BCUT2D eigenvalue weighted by molar-refractivity contribution is -0.141. The zero-order valence-corrected chi connectivity index (χ0v) is 17.1. The average molecular weight is 454 g/mol. The number of aromatic nitrogens is 2. The molecule has 1 aliphatic rings. The zero-order chi connectivity index (χ0) is 21.7. The molecule has 2 heterocycles. The van der Waals surface area contributed by atoms with E-state index in [0.29, 0.717) is 10.6 Å². The van der Waals surface area contributed by atoms with E-state index < -0.39 is 27.7 Å². The molecule has 0 radical (unpaired) electrons. The van der Waals surface area contributed by atoms with Crippen molar-refractivity contribution in [1.82, 2.24) is 9.78 Å². The van der Waals surface area contributed by atoms with E-state index in [1.165, 1.54) is 19.1 Å². The molecule has 0 spiro atoms. The molecule has 4 rings (SSSR count). The Labute approximate surface area is 175 Å². The van der Waals surface area contributed by atoms with Crippen LogP contribution < -0.4 is 5.32 Å². The van der Waals surface area contributed by atoms with Crippen molar-refractivity contribution >= 4 is 27.3 Å². The van der Waals surface area contributed by atoms with E-state index in [-0.39, 0.29) is 21.3 Å². The van der Waals surface area contributed by atoms with Crippen LogP contribution in [0.2, 0.25) is 5.02 Å². The number of rotatable bonds is 3. The second-order valence-electron chi connectivity index (χ2n) is 6.74. The van der Waals surface area contributed by atoms with Gasteiger partial charge >= 0.3 is 6.18 Å². The second kappa shape index (κ2) is 7.17. The van der Waals surface area contributed by atoms with E-state index in [0.717, 1.165) is 10.7 Å². The van der Waals surface area contributed by atoms with E-state index in [2.05, 4.69) is 10.4 Å². The first kappa shape index (κ1) is 20.5. The minimum atomic E-state index is -4.68. The lowest BCUT2D eigenvalue weighted by Gasteiger charge is -2.30. The monoisotopic (exact) mass is 453 g/mol. The molecule has 0 saturated carbocycles. The van der Waals surface area contributed by atoms with Crippen LogP contribution in [0.25, 0.3) is 0 Å². The van der Waals surface area contributed by atoms with Gasteiger partial charge in [0.25, 0.3) is 0 Å². The first-order chi connectivity index (χ1) is 14.1. The number of sulfone groups is 1. The third-order valence-corrected chi connectivity index (χ3v) is 6.99. The fraction of sp³-hybridized carbons (Fsp3) is 0.150. The lowest BCUT2D eigenvalue weighted by Crippen LogP contribution is -2.28. The Morgan fingerprint density at radius 2 is 1.70 bits per heavy atom. The Hall–Kier alpha value is -2.78. The Morgan fingerprint density at radius 3 is 2.30 bits per heavy atom. The normalized spacial score (nSPS) is 16.9. The number of alkyl halides is 3. The number of hydrogen-bond donors (Lipinski definition) is 1. The van der Waals surface area contributed by atoms with Gasteiger partial charge in [0.05, 0.1) is 9.80 Å². The van der Waals surface area contributed by atoms with Crippen molar-refractivity contribution in [1.29, 1.82) is 0 Å². The van der Waals surface area contributed by atoms with E-state index in [9.17, 15) is 21.6 Å². The summed E-state index contributed by atoms with van der Waals surface area (Å²) in [5.41, 5.74) is -0.456. The van der Waals surface area contributed by atoms with Gasteiger partial charge in [0, 0.05) is 16.8 Å². The Kier molecular flexibility index (Phi) is 4.90. The van der Waals surface area contributed by atoms with Gasteiger partial charge in [-0.25, -0.2) is 13.1 Å². The lowest BCUT2D eigenvalue weighted by atomic mass is 10.0. The van der Waals surface area contributed by atoms with Crippen LogP contribution in [-0.2, 0) is 16.0 Å². The standard InChI is InChI=1S/C20H15ClF3N3O2S/c1-12-19(30(28,29)15-5-3-2-4-6-15)18(13-7-9-14(21)10-8-13)27-17(25-12)11-16(26-27)20(22,23)24/h2-11,18,25H,1H3. The number of anilines is 1. The van der Waals surface area contributed by atoms with Gasteiger partial charge < -0.3 is 5.32 Å². The molecule has 1 atom stereocenters. The summed E-state index contributed by atoms with van der Waals surface area (Å²) in [6, 6.07) is 13.7. The molecule has 0 bridgehead atoms. The summed E-state index contributed by atoms with van der Waals surface area (Å²) in [5.74, 6) is 0.0480. The zero-order valence-electron chi connectivity index (χ0n) is 15.5. The smallest absolute Gasteiger partial charge is 0.343 e. The highest BCUT2D eigenvalue weighted by atomic mass is 35.5. The van der Waals surface area contributed by atoms with Crippen LogP contribution in [0.5, 0.6) is 0 Å². The molecule has 0 amide bonds. The summed E-state index contributed by atoms with van der Waals surface area (Å²) in [6.45, 7) is 1.52. The molecule has 0 saturated heterocycles. The fourth-order valence-corrected chi connectivity index (χ4v) is 5.29. The molecular formula is C20H15ClF3N3O2S. The first-order valence-corrected chi connectivity index (χ1v) is 10.7. The fourth-order valence-electron chi connectivity index (χ4n) is 3.41. The van der Waals surface area contributed by atoms with E-state index >= 15 is 0 Å². The predicted octanol–water partition coefficient (Wildman–Crippen LogP) is 5.28. The summed E-state index contributed by atoms with van der Waals surface area (Å²) < 4.78 is 67.9. The molecule has 1 aliphatic heterocycles. The maximum absolute atomic E-state index is 13.5. The summed E-state index contributed by atoms with van der Waals surface area (Å²) in [5, 5.41) is 6.87. The van der Waals surface area contributed by atoms with Crippen LogP contribution >= 0.6 is 11.6 Å². The molecule has 0 aliphatic carbocycles. The maximum Gasteiger partial charge on any atom is 0.435 e. The number of nitrogens with one attached hydrogen (secondary N) is 1. The number of nitrogens with zero attached hydrogens (tertiary/aromatic N) is 2. The van der Waals surface area contributed by atoms with Crippen LogP contribution in [0.4, 0.5) is 19.0 Å². The average Bonchev–Trinajstić information content (AvgIpc) is 3.12. The molecule has 0 fully saturated rings. The van der Waals surface area contributed by atoms with Crippen molar-refractivity contribution in [2.24, 2.45) is 0 Å². The number of allylic oxidation sites excluding steroid dienone is 2. The minimum Gasteiger partial charge on any atom is -0.343 e. The molecular weight excluding hydrogens is 439 g/mol. The topological polar surface area (TPSA) is 64.0 Å². The summed E-state index contributed by atoms with van der Waals surface area (Å²) in [4.78, 5) is -0.0490. The van der Waals surface area contributed by atoms with Gasteiger partial charge in [-0.15, -0.1) is 0 Å². The quantitative estimate of drug-likeness (QED) is 0.586. The number of benzene rings is 2. The highest BCUT2D eigenvalue weighted by molar-refractivity contribution is 7.95. The van der Waals surface area contributed by atoms with Gasteiger partial charge in [-0.05, 0) is 36.8 Å². The van der Waals surface area contributed by atoms with Crippen molar-refractivity contribution in [2.75, 3.05) is 5.32 Å². The van der Waals surface area contributed by atoms with E-state index in [4.69, 9.17) is 11.6 Å². The van der Waals surface area contributed by atoms with Crippen LogP contribution in [0, 0.1) is 0 Å². The summed E-state index contributed by atoms with van der Waals surface area (Å²) in [6.07, 6.45) is -4.68. The van der Waals surface area contributed by atoms with Crippen LogP contribution in [-0.4, -0.2) is 18.2 Å². The van der Waals surface area contributed by atoms with Crippen LogP contribution in [0.3, 0.4) is 0 Å². The molecule has 1 aromatic heterocycles. The van der Waals surface area contributed by atoms with Crippen molar-refractivity contribution in [2.45, 2.75) is 24.0 Å². The van der Waals surface area contributed by atoms with Crippen molar-refractivity contribution < 1.29 is 21.6 Å². The molecule has 156 valence electrons. The molecule has 30 heavy (non-hydrogen) atoms. The Bertz CT molecular complexity index is 1230. The van der Waals surface area contributed by atoms with Crippen LogP contribution in [0.15, 0.2) is 76.2 Å². The summed E-state index contributed by atoms with van der Waals surface area (Å²) in [7, 11) is -4.05. The molecule has 10 heteroatoms. The molecule has 3 aromatic rings. The highest BCUT2D eigenvalue weighted by Gasteiger charge is 2.41. The van der Waals surface area contributed by atoms with Crippen molar-refractivity contribution in [3.8, 4) is 0 Å². The Balaban J connectivity index is 1.96. The van der Waals surface area contributed by atoms with E-state index in [1.54, 1.807) is 42.5 Å². The largest absolute Gasteiger partial charge is 0.435 e. The molecule has 1 N–H and O–H groups in total. The molecule has 1 unspecified atom stereocenters. The maximum atomic E-state index is 13.5. The number of fused-ring (bicyclic) bond motifs is 1. The first-order valence-electron chi connectivity index (χ1n) is 8.79. The molecule has 5 nitrogen and oxygen atoms in total.